The number of Topliss-reactive ketones (excluding diaryl/α,β-unsaturated/α-hetero) is 1. The number of aryl methyl sites for hydroxylation is 2. The van der Waals surface area contributed by atoms with Crippen molar-refractivity contribution in [2.24, 2.45) is 0 Å². The number of nitrogens with zero attached hydrogens (tertiary/aromatic N) is 5. The molecule has 0 aromatic carbocycles. The fourth-order valence-electron chi connectivity index (χ4n) is 2.79. The van der Waals surface area contributed by atoms with Crippen LogP contribution in [0.3, 0.4) is 0 Å². The summed E-state index contributed by atoms with van der Waals surface area (Å²) in [6.45, 7) is 1.06. The molecule has 7 heteroatoms. The minimum absolute atomic E-state index is 0.0165. The summed E-state index contributed by atoms with van der Waals surface area (Å²) >= 11 is 0. The zero-order valence-corrected chi connectivity index (χ0v) is 12.0. The largest absolute Gasteiger partial charge is 0.314 e. The summed E-state index contributed by atoms with van der Waals surface area (Å²) in [5.41, 5.74) is 0.959. The van der Waals surface area contributed by atoms with E-state index in [-0.39, 0.29) is 16.9 Å². The highest BCUT2D eigenvalue weighted by Crippen LogP contribution is 2.22. The summed E-state index contributed by atoms with van der Waals surface area (Å²) in [5, 5.41) is 13.3. The minimum atomic E-state index is -0.311. The lowest BCUT2D eigenvalue weighted by Crippen LogP contribution is -2.28. The maximum atomic E-state index is 12.4. The molecule has 0 saturated heterocycles. The maximum Gasteiger partial charge on any atom is 0.268 e. The first-order valence-electron chi connectivity index (χ1n) is 7.22. The molecule has 22 heavy (non-hydrogen) atoms. The third-order valence-electron chi connectivity index (χ3n) is 3.88. The first kappa shape index (κ1) is 14.2. The van der Waals surface area contributed by atoms with Gasteiger partial charge in [0.05, 0.1) is 0 Å². The van der Waals surface area contributed by atoms with Crippen molar-refractivity contribution in [3.8, 4) is 6.07 Å². The Morgan fingerprint density at radius 3 is 2.86 bits per heavy atom. The van der Waals surface area contributed by atoms with Gasteiger partial charge < -0.3 is 4.57 Å². The van der Waals surface area contributed by atoms with Gasteiger partial charge in [0.15, 0.2) is 5.78 Å². The number of fused-ring (bicyclic) bond motifs is 1. The fraction of sp³-hybridized carbons (Fsp3) is 0.400. The van der Waals surface area contributed by atoms with E-state index in [1.807, 2.05) is 6.07 Å². The molecule has 0 atom stereocenters. The van der Waals surface area contributed by atoms with Gasteiger partial charge in [-0.25, -0.2) is 4.98 Å². The lowest BCUT2D eigenvalue weighted by Gasteiger charge is -2.18. The van der Waals surface area contributed by atoms with Crippen LogP contribution in [-0.2, 0) is 19.5 Å². The number of rotatable bonds is 4. The fourth-order valence-corrected chi connectivity index (χ4v) is 2.79. The van der Waals surface area contributed by atoms with Gasteiger partial charge in [-0.2, -0.15) is 10.4 Å². The standard InChI is InChI=1S/C15H15N5O2/c16-7-12-11-3-1-4-14(21)13(11)8-19(15(12)22)5-2-6-20-10-17-9-18-20/h8-10H,1-6H2. The topological polar surface area (TPSA) is 93.6 Å². The molecule has 0 spiro atoms. The lowest BCUT2D eigenvalue weighted by molar-refractivity contribution is 0.0971. The predicted octanol–water partition coefficient (Wildman–Crippen LogP) is 0.921. The molecular formula is C15H15N5O2. The number of aromatic nitrogens is 4. The predicted molar refractivity (Wildman–Crippen MR) is 77.3 cm³/mol. The Kier molecular flexibility index (Phi) is 3.83. The number of carbonyl (C=O) groups is 1. The number of pyridine rings is 1. The van der Waals surface area contributed by atoms with Crippen LogP contribution in [0, 0.1) is 11.3 Å². The van der Waals surface area contributed by atoms with E-state index < -0.39 is 0 Å². The molecular weight excluding hydrogens is 282 g/mol. The van der Waals surface area contributed by atoms with Gasteiger partial charge in [-0.1, -0.05) is 0 Å². The van der Waals surface area contributed by atoms with Crippen LogP contribution in [0.5, 0.6) is 0 Å². The first-order chi connectivity index (χ1) is 10.7. The van der Waals surface area contributed by atoms with Crippen molar-refractivity contribution < 1.29 is 4.79 Å². The highest BCUT2D eigenvalue weighted by atomic mass is 16.1. The molecule has 0 radical (unpaired) electrons. The molecule has 0 N–H and O–H groups in total. The molecule has 0 amide bonds. The van der Waals surface area contributed by atoms with Gasteiger partial charge in [-0.15, -0.1) is 0 Å². The van der Waals surface area contributed by atoms with E-state index in [9.17, 15) is 14.9 Å². The molecule has 3 rings (SSSR count). The van der Waals surface area contributed by atoms with E-state index >= 15 is 0 Å². The van der Waals surface area contributed by atoms with E-state index in [4.69, 9.17) is 0 Å². The second kappa shape index (κ2) is 5.93. The number of ketones is 1. The highest BCUT2D eigenvalue weighted by molar-refractivity contribution is 5.98. The molecule has 7 nitrogen and oxygen atoms in total. The van der Waals surface area contributed by atoms with Gasteiger partial charge >= 0.3 is 0 Å². The molecule has 0 aliphatic heterocycles. The van der Waals surface area contributed by atoms with Crippen molar-refractivity contribution in [1.82, 2.24) is 19.3 Å². The number of carbonyl (C=O) groups excluding carboxylic acids is 1. The molecule has 1 aliphatic rings. The zero-order valence-electron chi connectivity index (χ0n) is 12.0. The van der Waals surface area contributed by atoms with Crippen LogP contribution < -0.4 is 5.56 Å². The quantitative estimate of drug-likeness (QED) is 0.836. The summed E-state index contributed by atoms with van der Waals surface area (Å²) in [4.78, 5) is 28.3. The summed E-state index contributed by atoms with van der Waals surface area (Å²) < 4.78 is 3.15. The molecule has 112 valence electrons. The SMILES string of the molecule is N#Cc1c2c(cn(CCCn3cncn3)c1=O)C(=O)CCC2. The van der Waals surface area contributed by atoms with E-state index in [1.165, 1.54) is 10.9 Å². The lowest BCUT2D eigenvalue weighted by atomic mass is 9.89. The van der Waals surface area contributed by atoms with Crippen LogP contribution in [0.25, 0.3) is 0 Å². The normalized spacial score (nSPS) is 13.7. The molecule has 0 unspecified atom stereocenters. The summed E-state index contributed by atoms with van der Waals surface area (Å²) in [7, 11) is 0. The molecule has 0 fully saturated rings. The maximum absolute atomic E-state index is 12.4. The minimum Gasteiger partial charge on any atom is -0.314 e. The summed E-state index contributed by atoms with van der Waals surface area (Å²) in [6, 6.07) is 1.98. The van der Waals surface area contributed by atoms with Gasteiger partial charge in [0.2, 0.25) is 0 Å². The van der Waals surface area contributed by atoms with Crippen LogP contribution in [0.2, 0.25) is 0 Å². The second-order valence-corrected chi connectivity index (χ2v) is 5.30. The monoisotopic (exact) mass is 297 g/mol. The second-order valence-electron chi connectivity index (χ2n) is 5.30. The van der Waals surface area contributed by atoms with Gasteiger partial charge in [0, 0.05) is 31.3 Å². The van der Waals surface area contributed by atoms with Crippen LogP contribution in [0.4, 0.5) is 0 Å². The Morgan fingerprint density at radius 2 is 2.14 bits per heavy atom. The van der Waals surface area contributed by atoms with Gasteiger partial charge in [-0.3, -0.25) is 14.3 Å². The van der Waals surface area contributed by atoms with E-state index in [2.05, 4.69) is 10.1 Å². The molecule has 2 aromatic rings. The third kappa shape index (κ3) is 2.55. The Bertz CT molecular complexity index is 799. The van der Waals surface area contributed by atoms with E-state index in [0.29, 0.717) is 49.9 Å². The Morgan fingerprint density at radius 1 is 1.27 bits per heavy atom. The molecule has 2 heterocycles. The molecule has 0 bridgehead atoms. The van der Waals surface area contributed by atoms with E-state index in [0.717, 1.165) is 0 Å². The van der Waals surface area contributed by atoms with Crippen molar-refractivity contribution in [3.05, 3.63) is 45.9 Å². The molecule has 2 aromatic heterocycles. The van der Waals surface area contributed by atoms with Crippen molar-refractivity contribution in [1.29, 1.82) is 5.26 Å². The van der Waals surface area contributed by atoms with Gasteiger partial charge in [0.25, 0.3) is 5.56 Å². The number of nitriles is 1. The Hall–Kier alpha value is -2.75. The number of hydrogen-bond acceptors (Lipinski definition) is 5. The van der Waals surface area contributed by atoms with Crippen molar-refractivity contribution in [2.75, 3.05) is 0 Å². The third-order valence-corrected chi connectivity index (χ3v) is 3.88. The van der Waals surface area contributed by atoms with Crippen molar-refractivity contribution in [3.63, 3.8) is 0 Å². The van der Waals surface area contributed by atoms with Crippen molar-refractivity contribution >= 4 is 5.78 Å². The van der Waals surface area contributed by atoms with Gasteiger partial charge in [0.1, 0.15) is 24.3 Å². The highest BCUT2D eigenvalue weighted by Gasteiger charge is 2.23. The summed E-state index contributed by atoms with van der Waals surface area (Å²) in [6.07, 6.45) is 7.16. The molecule has 1 aliphatic carbocycles. The Balaban J connectivity index is 1.88. The van der Waals surface area contributed by atoms with Gasteiger partial charge in [-0.05, 0) is 24.8 Å². The Labute approximate surface area is 126 Å². The molecule has 0 saturated carbocycles. The summed E-state index contributed by atoms with van der Waals surface area (Å²) in [5.74, 6) is 0.0165. The first-order valence-corrected chi connectivity index (χ1v) is 7.22. The zero-order chi connectivity index (χ0) is 15.5. The average Bonchev–Trinajstić information content (AvgIpc) is 3.02. The van der Waals surface area contributed by atoms with Crippen LogP contribution in [0.1, 0.15) is 40.7 Å². The van der Waals surface area contributed by atoms with E-state index in [1.54, 1.807) is 17.2 Å². The smallest absolute Gasteiger partial charge is 0.268 e. The van der Waals surface area contributed by atoms with Crippen LogP contribution in [0.15, 0.2) is 23.6 Å². The average molecular weight is 297 g/mol. The number of hydrogen-bond donors (Lipinski definition) is 0. The van der Waals surface area contributed by atoms with Crippen LogP contribution in [-0.4, -0.2) is 25.1 Å². The van der Waals surface area contributed by atoms with Crippen molar-refractivity contribution in [2.45, 2.75) is 38.8 Å². The van der Waals surface area contributed by atoms with Crippen LogP contribution >= 0.6 is 0 Å².